The first-order valence-corrected chi connectivity index (χ1v) is 9.05. The zero-order valence-corrected chi connectivity index (χ0v) is 15.4. The monoisotopic (exact) mass is 366 g/mol. The molecular formula is C20H22N4O3. The summed E-state index contributed by atoms with van der Waals surface area (Å²) in [5, 5.41) is 5.63. The van der Waals surface area contributed by atoms with Gasteiger partial charge >= 0.3 is 6.03 Å². The van der Waals surface area contributed by atoms with Gasteiger partial charge in [0.05, 0.1) is 12.1 Å². The minimum absolute atomic E-state index is 0.0222. The van der Waals surface area contributed by atoms with Crippen molar-refractivity contribution in [1.82, 2.24) is 9.88 Å². The van der Waals surface area contributed by atoms with E-state index in [0.717, 1.165) is 24.1 Å². The zero-order chi connectivity index (χ0) is 19.0. The van der Waals surface area contributed by atoms with E-state index in [1.54, 1.807) is 19.2 Å². The number of nitrogens with zero attached hydrogens (tertiary/aromatic N) is 2. The number of hydrogen-bond donors (Lipinski definition) is 2. The summed E-state index contributed by atoms with van der Waals surface area (Å²) in [6, 6.07) is 10.4. The van der Waals surface area contributed by atoms with Crippen molar-refractivity contribution in [2.75, 3.05) is 24.3 Å². The first-order valence-electron chi connectivity index (χ1n) is 9.05. The van der Waals surface area contributed by atoms with Gasteiger partial charge < -0.3 is 15.0 Å². The highest BCUT2D eigenvalue weighted by Crippen LogP contribution is 2.44. The Hall–Kier alpha value is -2.93. The van der Waals surface area contributed by atoms with Crippen molar-refractivity contribution in [3.63, 3.8) is 0 Å². The van der Waals surface area contributed by atoms with Crippen molar-refractivity contribution in [1.29, 1.82) is 0 Å². The average Bonchev–Trinajstić information content (AvgIpc) is 2.94. The molecule has 2 N–H and O–H groups in total. The van der Waals surface area contributed by atoms with Crippen LogP contribution in [0.1, 0.15) is 40.5 Å². The Morgan fingerprint density at radius 3 is 2.81 bits per heavy atom. The number of amides is 3. The number of urea groups is 1. The molecule has 2 aliphatic heterocycles. The lowest BCUT2D eigenvalue weighted by molar-refractivity contribution is 0.0172. The fourth-order valence-electron chi connectivity index (χ4n) is 3.92. The van der Waals surface area contributed by atoms with Crippen molar-refractivity contribution >= 4 is 23.4 Å². The van der Waals surface area contributed by atoms with Gasteiger partial charge in [0.1, 0.15) is 5.82 Å². The van der Waals surface area contributed by atoms with Gasteiger partial charge in [-0.2, -0.15) is 0 Å². The molecule has 27 heavy (non-hydrogen) atoms. The van der Waals surface area contributed by atoms with E-state index in [1.165, 1.54) is 0 Å². The van der Waals surface area contributed by atoms with Crippen LogP contribution in [0.25, 0.3) is 0 Å². The first-order chi connectivity index (χ1) is 13.1. The maximum Gasteiger partial charge on any atom is 0.324 e. The van der Waals surface area contributed by atoms with E-state index in [1.807, 2.05) is 36.1 Å². The van der Waals surface area contributed by atoms with Gasteiger partial charge in [-0.25, -0.2) is 9.78 Å². The molecule has 0 aliphatic carbocycles. The van der Waals surface area contributed by atoms with E-state index >= 15 is 0 Å². The van der Waals surface area contributed by atoms with E-state index in [2.05, 4.69) is 15.6 Å². The van der Waals surface area contributed by atoms with Gasteiger partial charge in [-0.3, -0.25) is 10.1 Å². The predicted molar refractivity (Wildman–Crippen MR) is 102 cm³/mol. The summed E-state index contributed by atoms with van der Waals surface area (Å²) in [6.07, 6.45) is 1.67. The normalized spacial score (nSPS) is 20.8. The molecule has 0 bridgehead atoms. The van der Waals surface area contributed by atoms with Gasteiger partial charge in [-0.05, 0) is 44.0 Å². The minimum Gasteiger partial charge on any atom is -0.381 e. The number of aromatic nitrogens is 1. The van der Waals surface area contributed by atoms with Crippen LogP contribution in [0.5, 0.6) is 0 Å². The highest BCUT2D eigenvalue weighted by molar-refractivity contribution is 6.05. The second kappa shape index (κ2) is 7.00. The number of methoxy groups -OCH3 is 1. The Morgan fingerprint density at radius 2 is 2.04 bits per heavy atom. The maximum atomic E-state index is 12.7. The predicted octanol–water partition coefficient (Wildman–Crippen LogP) is 3.34. The number of piperidine rings is 1. The van der Waals surface area contributed by atoms with Crippen LogP contribution in [0.4, 0.5) is 16.3 Å². The number of aryl methyl sites for hydroxylation is 1. The Bertz CT molecular complexity index is 899. The lowest BCUT2D eigenvalue weighted by Crippen LogP contribution is -2.38. The van der Waals surface area contributed by atoms with Crippen LogP contribution in [0.3, 0.4) is 0 Å². The summed E-state index contributed by atoms with van der Waals surface area (Å²) in [5.74, 6) is 0.504. The van der Waals surface area contributed by atoms with Crippen molar-refractivity contribution in [3.05, 3.63) is 53.2 Å². The molecule has 2 atom stereocenters. The van der Waals surface area contributed by atoms with Gasteiger partial charge in [0, 0.05) is 36.2 Å². The summed E-state index contributed by atoms with van der Waals surface area (Å²) in [5.41, 5.74) is 3.00. The topological polar surface area (TPSA) is 83.6 Å². The largest absolute Gasteiger partial charge is 0.381 e. The van der Waals surface area contributed by atoms with Gasteiger partial charge in [0.15, 0.2) is 0 Å². The third-order valence-electron chi connectivity index (χ3n) is 5.20. The number of nitrogens with one attached hydrogen (secondary N) is 2. The smallest absolute Gasteiger partial charge is 0.324 e. The lowest BCUT2D eigenvalue weighted by atomic mass is 9.94. The van der Waals surface area contributed by atoms with Crippen LogP contribution >= 0.6 is 0 Å². The number of fused-ring (bicyclic) bond motifs is 3. The van der Waals surface area contributed by atoms with Crippen LogP contribution in [0.2, 0.25) is 0 Å². The van der Waals surface area contributed by atoms with Crippen molar-refractivity contribution in [2.45, 2.75) is 31.9 Å². The number of carbonyl (C=O) groups excluding carboxylic acids is 2. The number of rotatable bonds is 3. The highest BCUT2D eigenvalue weighted by Gasteiger charge is 2.42. The van der Waals surface area contributed by atoms with Crippen LogP contribution in [-0.4, -0.2) is 41.6 Å². The van der Waals surface area contributed by atoms with Crippen molar-refractivity contribution in [2.24, 2.45) is 0 Å². The minimum atomic E-state index is -0.383. The second-order valence-corrected chi connectivity index (χ2v) is 6.91. The van der Waals surface area contributed by atoms with Crippen LogP contribution in [0.15, 0.2) is 36.4 Å². The summed E-state index contributed by atoms with van der Waals surface area (Å²) >= 11 is 0. The van der Waals surface area contributed by atoms with Crippen LogP contribution in [-0.2, 0) is 4.74 Å². The molecule has 4 rings (SSSR count). The highest BCUT2D eigenvalue weighted by atomic mass is 16.5. The molecule has 2 aromatic rings. The Morgan fingerprint density at radius 1 is 1.22 bits per heavy atom. The second-order valence-electron chi connectivity index (χ2n) is 6.91. The SMILES string of the molecule is COC1CCN2C(=O)c3cccc(NC(=O)Nc4cccc(C)n4)c3C2C1. The lowest BCUT2D eigenvalue weighted by Gasteiger charge is -2.35. The number of pyridine rings is 1. The third-order valence-corrected chi connectivity index (χ3v) is 5.20. The van der Waals surface area contributed by atoms with E-state index in [-0.39, 0.29) is 24.1 Å². The van der Waals surface area contributed by atoms with E-state index in [4.69, 9.17) is 4.74 Å². The van der Waals surface area contributed by atoms with Crippen LogP contribution in [0, 0.1) is 6.92 Å². The Labute approximate surface area is 157 Å². The van der Waals surface area contributed by atoms with E-state index < -0.39 is 0 Å². The molecule has 1 fully saturated rings. The molecule has 0 spiro atoms. The molecule has 0 saturated carbocycles. The molecule has 1 aromatic carbocycles. The molecule has 7 heteroatoms. The quantitative estimate of drug-likeness (QED) is 0.873. The molecule has 3 heterocycles. The Kier molecular flexibility index (Phi) is 4.53. The fraction of sp³-hybridized carbons (Fsp3) is 0.350. The molecule has 7 nitrogen and oxygen atoms in total. The van der Waals surface area contributed by atoms with Gasteiger partial charge in [0.25, 0.3) is 5.91 Å². The number of ether oxygens (including phenoxy) is 1. The molecule has 0 radical (unpaired) electrons. The zero-order valence-electron chi connectivity index (χ0n) is 15.4. The maximum absolute atomic E-state index is 12.7. The molecule has 2 aliphatic rings. The van der Waals surface area contributed by atoms with E-state index in [0.29, 0.717) is 23.6 Å². The summed E-state index contributed by atoms with van der Waals surface area (Å²) < 4.78 is 5.51. The van der Waals surface area contributed by atoms with Crippen molar-refractivity contribution in [3.8, 4) is 0 Å². The van der Waals surface area contributed by atoms with Crippen LogP contribution < -0.4 is 10.6 Å². The van der Waals surface area contributed by atoms with Crippen molar-refractivity contribution < 1.29 is 14.3 Å². The Balaban J connectivity index is 1.58. The summed E-state index contributed by atoms with van der Waals surface area (Å²) in [4.78, 5) is 31.4. The molecule has 1 aromatic heterocycles. The average molecular weight is 366 g/mol. The van der Waals surface area contributed by atoms with Gasteiger partial charge in [0.2, 0.25) is 0 Å². The number of anilines is 2. The third kappa shape index (κ3) is 3.26. The summed E-state index contributed by atoms with van der Waals surface area (Å²) in [7, 11) is 1.70. The molecule has 3 amide bonds. The molecular weight excluding hydrogens is 344 g/mol. The summed E-state index contributed by atoms with van der Waals surface area (Å²) in [6.45, 7) is 2.53. The molecule has 140 valence electrons. The first kappa shape index (κ1) is 17.5. The fourth-order valence-corrected chi connectivity index (χ4v) is 3.92. The number of hydrogen-bond acceptors (Lipinski definition) is 4. The van der Waals surface area contributed by atoms with E-state index in [9.17, 15) is 9.59 Å². The number of benzene rings is 1. The number of carbonyl (C=O) groups is 2. The molecule has 2 unspecified atom stereocenters. The standard InChI is InChI=1S/C20H22N4O3/c1-12-5-3-8-17(21-12)23-20(26)22-15-7-4-6-14-18(15)16-11-13(27-2)9-10-24(16)19(14)25/h3-8,13,16H,9-11H2,1-2H3,(H2,21,22,23,26). The van der Waals surface area contributed by atoms with Gasteiger partial charge in [-0.15, -0.1) is 0 Å². The van der Waals surface area contributed by atoms with Gasteiger partial charge in [-0.1, -0.05) is 12.1 Å². The molecule has 1 saturated heterocycles.